The number of fused-ring (bicyclic) bond motifs is 1. The summed E-state index contributed by atoms with van der Waals surface area (Å²) < 4.78 is 5.77. The second kappa shape index (κ2) is 6.76. The summed E-state index contributed by atoms with van der Waals surface area (Å²) in [4.78, 5) is 14.4. The van der Waals surface area contributed by atoms with E-state index in [2.05, 4.69) is 15.5 Å². The van der Waals surface area contributed by atoms with Crippen molar-refractivity contribution in [3.05, 3.63) is 72.6 Å². The molecule has 6 nitrogen and oxygen atoms in total. The summed E-state index contributed by atoms with van der Waals surface area (Å²) in [7, 11) is 0. The minimum atomic E-state index is -0.135. The summed E-state index contributed by atoms with van der Waals surface area (Å²) in [6.45, 7) is 2.49. The van der Waals surface area contributed by atoms with Crippen molar-refractivity contribution in [3.8, 4) is 5.75 Å². The Bertz CT molecular complexity index is 963. The predicted octanol–water partition coefficient (Wildman–Crippen LogP) is 3.94. The second-order valence-electron chi connectivity index (χ2n) is 5.76. The number of aromatic nitrogens is 2. The smallest absolute Gasteiger partial charge is 0.257 e. The fourth-order valence-corrected chi connectivity index (χ4v) is 2.98. The van der Waals surface area contributed by atoms with Crippen molar-refractivity contribution in [2.75, 3.05) is 16.8 Å². The van der Waals surface area contributed by atoms with Gasteiger partial charge in [-0.3, -0.25) is 14.8 Å². The largest absolute Gasteiger partial charge is 0.492 e. The number of carbonyl (C=O) groups is 1. The van der Waals surface area contributed by atoms with E-state index in [4.69, 9.17) is 4.74 Å². The molecular formula is C20H18N4O2. The molecule has 0 unspecified atom stereocenters. The van der Waals surface area contributed by atoms with Gasteiger partial charge in [-0.1, -0.05) is 30.3 Å². The highest BCUT2D eigenvalue weighted by atomic mass is 16.5. The van der Waals surface area contributed by atoms with Crippen LogP contribution in [0, 0.1) is 0 Å². The predicted molar refractivity (Wildman–Crippen MR) is 101 cm³/mol. The molecule has 0 aliphatic carbocycles. The molecule has 1 amide bonds. The molecule has 4 rings (SSSR count). The van der Waals surface area contributed by atoms with Gasteiger partial charge in [0.05, 0.1) is 24.1 Å². The van der Waals surface area contributed by atoms with Crippen LogP contribution in [0.1, 0.15) is 12.5 Å². The van der Waals surface area contributed by atoms with Crippen LogP contribution in [0.3, 0.4) is 0 Å². The number of nitrogens with one attached hydrogen (secondary N) is 2. The highest BCUT2D eigenvalue weighted by Gasteiger charge is 2.25. The van der Waals surface area contributed by atoms with Crippen molar-refractivity contribution < 1.29 is 9.53 Å². The van der Waals surface area contributed by atoms with E-state index in [1.54, 1.807) is 6.20 Å². The highest BCUT2D eigenvalue weighted by molar-refractivity contribution is 6.31. The lowest BCUT2D eigenvalue weighted by atomic mass is 10.1. The Morgan fingerprint density at radius 1 is 1.12 bits per heavy atom. The first-order chi connectivity index (χ1) is 12.8. The Morgan fingerprint density at radius 3 is 2.73 bits per heavy atom. The zero-order chi connectivity index (χ0) is 17.9. The average Bonchev–Trinajstić information content (AvgIpc) is 3.28. The number of amides is 1. The first-order valence-corrected chi connectivity index (χ1v) is 8.41. The van der Waals surface area contributed by atoms with Crippen LogP contribution in [0.2, 0.25) is 0 Å². The van der Waals surface area contributed by atoms with Crippen LogP contribution in [0.4, 0.5) is 17.2 Å². The summed E-state index contributed by atoms with van der Waals surface area (Å²) in [5.74, 6) is 1.33. The fourth-order valence-electron chi connectivity index (χ4n) is 2.98. The molecule has 1 aromatic heterocycles. The van der Waals surface area contributed by atoms with Crippen LogP contribution in [-0.2, 0) is 4.79 Å². The van der Waals surface area contributed by atoms with Gasteiger partial charge in [0.25, 0.3) is 5.91 Å². The summed E-state index contributed by atoms with van der Waals surface area (Å²) >= 11 is 0. The van der Waals surface area contributed by atoms with E-state index in [9.17, 15) is 4.79 Å². The van der Waals surface area contributed by atoms with Gasteiger partial charge in [-0.2, -0.15) is 5.10 Å². The van der Waals surface area contributed by atoms with Gasteiger partial charge in [0.2, 0.25) is 0 Å². The molecule has 2 heterocycles. The molecule has 0 saturated carbocycles. The summed E-state index contributed by atoms with van der Waals surface area (Å²) in [6, 6.07) is 17.2. The molecular weight excluding hydrogens is 328 g/mol. The maximum Gasteiger partial charge on any atom is 0.257 e. The maximum absolute atomic E-state index is 12.5. The zero-order valence-corrected chi connectivity index (χ0v) is 14.3. The molecule has 0 spiro atoms. The molecule has 3 aromatic rings. The number of para-hydroxylation sites is 3. The average molecular weight is 346 g/mol. The molecule has 2 N–H and O–H groups in total. The van der Waals surface area contributed by atoms with Gasteiger partial charge in [-0.15, -0.1) is 0 Å². The third-order valence-corrected chi connectivity index (χ3v) is 4.14. The SMILES string of the molecule is CCOc1ccccc1N(C=C1C(=O)Nc2ccccc21)c1ccn[nH]1. The van der Waals surface area contributed by atoms with Crippen LogP contribution in [-0.4, -0.2) is 22.7 Å². The molecule has 1 aliphatic heterocycles. The van der Waals surface area contributed by atoms with Crippen molar-refractivity contribution in [2.45, 2.75) is 6.92 Å². The van der Waals surface area contributed by atoms with Crippen LogP contribution in [0.25, 0.3) is 5.57 Å². The molecule has 1 aliphatic rings. The van der Waals surface area contributed by atoms with Crippen molar-refractivity contribution in [2.24, 2.45) is 0 Å². The van der Waals surface area contributed by atoms with Crippen molar-refractivity contribution >= 4 is 28.7 Å². The number of H-pyrrole nitrogens is 1. The Labute approximate surface area is 151 Å². The molecule has 0 bridgehead atoms. The van der Waals surface area contributed by atoms with Gasteiger partial charge in [0.15, 0.2) is 0 Å². The quantitative estimate of drug-likeness (QED) is 0.687. The van der Waals surface area contributed by atoms with Crippen LogP contribution in [0.5, 0.6) is 5.75 Å². The first-order valence-electron chi connectivity index (χ1n) is 8.41. The topological polar surface area (TPSA) is 70.2 Å². The molecule has 0 radical (unpaired) electrons. The lowest BCUT2D eigenvalue weighted by molar-refractivity contribution is -0.110. The van der Waals surface area contributed by atoms with Gasteiger partial charge in [-0.25, -0.2) is 0 Å². The van der Waals surface area contributed by atoms with E-state index in [1.165, 1.54) is 0 Å². The maximum atomic E-state index is 12.5. The van der Waals surface area contributed by atoms with Gasteiger partial charge < -0.3 is 10.1 Å². The third kappa shape index (κ3) is 2.82. The lowest BCUT2D eigenvalue weighted by Gasteiger charge is -2.22. The molecule has 0 atom stereocenters. The standard InChI is InChI=1S/C20H18N4O2/c1-2-26-18-10-6-5-9-17(18)24(19-11-12-21-23-19)13-15-14-7-3-4-8-16(14)22-20(15)25/h3-13H,2H2,1H3,(H,21,23)(H,22,25). The number of aromatic amines is 1. The summed E-state index contributed by atoms with van der Waals surface area (Å²) in [5.41, 5.74) is 3.09. The third-order valence-electron chi connectivity index (χ3n) is 4.14. The van der Waals surface area contributed by atoms with Crippen LogP contribution < -0.4 is 15.0 Å². The molecule has 26 heavy (non-hydrogen) atoms. The minimum Gasteiger partial charge on any atom is -0.492 e. The van der Waals surface area contributed by atoms with Crippen LogP contribution >= 0.6 is 0 Å². The number of ether oxygens (including phenoxy) is 1. The van der Waals surface area contributed by atoms with Gasteiger partial charge in [0.1, 0.15) is 11.6 Å². The monoisotopic (exact) mass is 346 g/mol. The first kappa shape index (κ1) is 16.0. The summed E-state index contributed by atoms with van der Waals surface area (Å²) in [6.07, 6.45) is 3.49. The Kier molecular flexibility index (Phi) is 4.15. The number of anilines is 3. The van der Waals surface area contributed by atoms with E-state index >= 15 is 0 Å². The Balaban J connectivity index is 1.85. The normalized spacial score (nSPS) is 14.2. The zero-order valence-electron chi connectivity index (χ0n) is 14.3. The molecule has 130 valence electrons. The number of carbonyl (C=O) groups excluding carboxylic acids is 1. The minimum absolute atomic E-state index is 0.135. The number of hydrogen-bond acceptors (Lipinski definition) is 4. The van der Waals surface area contributed by atoms with Crippen LogP contribution in [0.15, 0.2) is 67.0 Å². The van der Waals surface area contributed by atoms with E-state index in [1.807, 2.05) is 72.6 Å². The van der Waals surface area contributed by atoms with Crippen molar-refractivity contribution in [1.29, 1.82) is 0 Å². The van der Waals surface area contributed by atoms with E-state index in [0.29, 0.717) is 12.2 Å². The van der Waals surface area contributed by atoms with Crippen molar-refractivity contribution in [1.82, 2.24) is 10.2 Å². The molecule has 0 saturated heterocycles. The lowest BCUT2D eigenvalue weighted by Crippen LogP contribution is -2.14. The summed E-state index contributed by atoms with van der Waals surface area (Å²) in [5, 5.41) is 9.91. The Morgan fingerprint density at radius 2 is 1.92 bits per heavy atom. The van der Waals surface area contributed by atoms with E-state index in [0.717, 1.165) is 28.5 Å². The molecule has 6 heteroatoms. The molecule has 2 aromatic carbocycles. The van der Waals surface area contributed by atoms with Gasteiger partial charge in [0, 0.05) is 23.5 Å². The molecule has 0 fully saturated rings. The van der Waals surface area contributed by atoms with Gasteiger partial charge in [-0.05, 0) is 25.1 Å². The number of benzene rings is 2. The number of hydrogen-bond donors (Lipinski definition) is 2. The fraction of sp³-hybridized carbons (Fsp3) is 0.100. The van der Waals surface area contributed by atoms with Gasteiger partial charge >= 0.3 is 0 Å². The highest BCUT2D eigenvalue weighted by Crippen LogP contribution is 2.37. The van der Waals surface area contributed by atoms with E-state index in [-0.39, 0.29) is 5.91 Å². The van der Waals surface area contributed by atoms with Crippen molar-refractivity contribution in [3.63, 3.8) is 0 Å². The Hall–Kier alpha value is -3.54. The second-order valence-corrected chi connectivity index (χ2v) is 5.76. The number of rotatable bonds is 5. The number of nitrogens with zero attached hydrogens (tertiary/aromatic N) is 2. The van der Waals surface area contributed by atoms with E-state index < -0.39 is 0 Å².